The molecule has 0 bridgehead atoms. The van der Waals surface area contributed by atoms with Gasteiger partial charge in [-0.05, 0) is 54.8 Å². The molecular formula is C25H20FN3O2S2. The van der Waals surface area contributed by atoms with E-state index in [9.17, 15) is 14.0 Å². The van der Waals surface area contributed by atoms with Crippen LogP contribution in [0.25, 0.3) is 16.1 Å². The third-order valence-corrected chi connectivity index (χ3v) is 8.45. The number of nitrogens with one attached hydrogen (secondary N) is 1. The number of carbonyl (C=O) groups excluding carboxylic acids is 1. The number of hydrogen-bond acceptors (Lipinski definition) is 4. The van der Waals surface area contributed by atoms with Gasteiger partial charge in [0.05, 0.1) is 16.3 Å². The van der Waals surface area contributed by atoms with Crippen molar-refractivity contribution in [3.05, 3.63) is 86.9 Å². The molecule has 3 heterocycles. The van der Waals surface area contributed by atoms with Crippen LogP contribution >= 0.6 is 23.1 Å². The number of carbonyl (C=O) groups is 1. The first-order chi connectivity index (χ1) is 16.0. The van der Waals surface area contributed by atoms with E-state index in [1.807, 2.05) is 48.1 Å². The molecule has 1 fully saturated rings. The molecule has 166 valence electrons. The minimum atomic E-state index is -0.304. The Labute approximate surface area is 197 Å². The standard InChI is InChI=1S/C25H20FN3O2S2/c1-28-22(14-7-8-14)21(25(31)29(28)17-5-3-2-4-6-17)27-24(30)20-11-15-13-32-19-10-9-16(26)12-18(19)23(15)33-20/h2-6,9-12,14H,7-8,13H2,1H3,(H,27,30). The molecule has 8 heteroatoms. The molecule has 0 radical (unpaired) electrons. The number of halogens is 1. The highest BCUT2D eigenvalue weighted by Crippen LogP contribution is 2.46. The summed E-state index contributed by atoms with van der Waals surface area (Å²) in [6, 6.07) is 16.1. The van der Waals surface area contributed by atoms with E-state index < -0.39 is 0 Å². The Balaban J connectivity index is 1.38. The summed E-state index contributed by atoms with van der Waals surface area (Å²) in [5.41, 5.74) is 3.58. The van der Waals surface area contributed by atoms with E-state index in [0.29, 0.717) is 10.6 Å². The van der Waals surface area contributed by atoms with Crippen LogP contribution in [0.5, 0.6) is 0 Å². The third-order valence-electron chi connectivity index (χ3n) is 6.12. The normalized spacial score (nSPS) is 14.6. The quantitative estimate of drug-likeness (QED) is 0.405. The number of fused-ring (bicyclic) bond motifs is 3. The number of hydrogen-bond donors (Lipinski definition) is 1. The molecule has 6 rings (SSSR count). The first-order valence-corrected chi connectivity index (χ1v) is 12.6. The highest BCUT2D eigenvalue weighted by molar-refractivity contribution is 7.98. The average Bonchev–Trinajstić information content (AvgIpc) is 3.49. The predicted molar refractivity (Wildman–Crippen MR) is 130 cm³/mol. The summed E-state index contributed by atoms with van der Waals surface area (Å²) >= 11 is 2.99. The Bertz CT molecular complexity index is 1470. The van der Waals surface area contributed by atoms with E-state index in [0.717, 1.165) is 50.9 Å². The van der Waals surface area contributed by atoms with E-state index in [2.05, 4.69) is 5.32 Å². The van der Waals surface area contributed by atoms with Crippen LogP contribution in [-0.4, -0.2) is 15.3 Å². The number of benzene rings is 2. The number of rotatable bonds is 4. The smallest absolute Gasteiger partial charge is 0.295 e. The van der Waals surface area contributed by atoms with E-state index in [4.69, 9.17) is 0 Å². The molecule has 2 aliphatic rings. The van der Waals surface area contributed by atoms with Crippen molar-refractivity contribution in [2.24, 2.45) is 7.05 Å². The maximum atomic E-state index is 13.9. The highest BCUT2D eigenvalue weighted by atomic mass is 32.2. The number of nitrogens with zero attached hydrogens (tertiary/aromatic N) is 2. The van der Waals surface area contributed by atoms with Gasteiger partial charge in [0.25, 0.3) is 11.5 Å². The van der Waals surface area contributed by atoms with Crippen molar-refractivity contribution < 1.29 is 9.18 Å². The molecule has 1 N–H and O–H groups in total. The summed E-state index contributed by atoms with van der Waals surface area (Å²) in [5, 5.41) is 2.93. The van der Waals surface area contributed by atoms with Crippen LogP contribution in [0, 0.1) is 5.82 Å². The van der Waals surface area contributed by atoms with Crippen LogP contribution in [0.3, 0.4) is 0 Å². The van der Waals surface area contributed by atoms with Crippen molar-refractivity contribution in [3.8, 4) is 16.1 Å². The molecular weight excluding hydrogens is 457 g/mol. The van der Waals surface area contributed by atoms with E-state index in [-0.39, 0.29) is 23.2 Å². The van der Waals surface area contributed by atoms with Crippen LogP contribution < -0.4 is 10.9 Å². The van der Waals surface area contributed by atoms with Crippen molar-refractivity contribution in [1.29, 1.82) is 0 Å². The van der Waals surface area contributed by atoms with Gasteiger partial charge in [-0.25, -0.2) is 9.07 Å². The Morgan fingerprint density at radius 1 is 1.12 bits per heavy atom. The fourth-order valence-corrected chi connectivity index (χ4v) is 6.72. The summed E-state index contributed by atoms with van der Waals surface area (Å²) in [6.45, 7) is 0. The lowest BCUT2D eigenvalue weighted by Crippen LogP contribution is -2.22. The molecule has 1 aliphatic carbocycles. The fraction of sp³-hybridized carbons (Fsp3) is 0.200. The number of thiophene rings is 1. The molecule has 0 atom stereocenters. The van der Waals surface area contributed by atoms with Crippen molar-refractivity contribution >= 4 is 34.7 Å². The van der Waals surface area contributed by atoms with Gasteiger partial charge in [-0.3, -0.25) is 14.3 Å². The summed E-state index contributed by atoms with van der Waals surface area (Å²) in [6.07, 6.45) is 2.00. The lowest BCUT2D eigenvalue weighted by atomic mass is 10.1. The lowest BCUT2D eigenvalue weighted by Gasteiger charge is -2.15. The van der Waals surface area contributed by atoms with E-state index in [1.165, 1.54) is 23.5 Å². The Hall–Kier alpha value is -3.10. The molecule has 1 amide bonds. The van der Waals surface area contributed by atoms with Gasteiger partial charge in [0.1, 0.15) is 11.5 Å². The molecule has 0 spiro atoms. The van der Waals surface area contributed by atoms with Crippen LogP contribution in [0.4, 0.5) is 10.1 Å². The molecule has 33 heavy (non-hydrogen) atoms. The summed E-state index contributed by atoms with van der Waals surface area (Å²) < 4.78 is 17.3. The van der Waals surface area contributed by atoms with Crippen molar-refractivity contribution in [3.63, 3.8) is 0 Å². The van der Waals surface area contributed by atoms with Crippen LogP contribution in [0.1, 0.15) is 39.7 Å². The Morgan fingerprint density at radius 2 is 1.91 bits per heavy atom. The molecule has 1 saturated carbocycles. The second kappa shape index (κ2) is 7.74. The molecule has 5 nitrogen and oxygen atoms in total. The SMILES string of the molecule is Cn1c(C2CC2)c(NC(=O)c2cc3c(s2)-c2cc(F)ccc2SC3)c(=O)n1-c1ccccc1. The predicted octanol–water partition coefficient (Wildman–Crippen LogP) is 5.78. The van der Waals surface area contributed by atoms with Gasteiger partial charge < -0.3 is 5.32 Å². The molecule has 1 aliphatic heterocycles. The van der Waals surface area contributed by atoms with Crippen LogP contribution in [0.15, 0.2) is 64.3 Å². The van der Waals surface area contributed by atoms with Gasteiger partial charge in [-0.2, -0.15) is 0 Å². The van der Waals surface area contributed by atoms with Crippen molar-refractivity contribution in [2.45, 2.75) is 29.4 Å². The number of para-hydroxylation sites is 1. The van der Waals surface area contributed by atoms with Gasteiger partial charge in [-0.1, -0.05) is 18.2 Å². The molecule has 0 saturated heterocycles. The van der Waals surface area contributed by atoms with Gasteiger partial charge in [0.2, 0.25) is 0 Å². The largest absolute Gasteiger partial charge is 0.315 e. The fourth-order valence-electron chi connectivity index (χ4n) is 4.44. The zero-order valence-electron chi connectivity index (χ0n) is 17.8. The summed E-state index contributed by atoms with van der Waals surface area (Å²) in [4.78, 5) is 29.1. The third kappa shape index (κ3) is 3.45. The Morgan fingerprint density at radius 3 is 2.67 bits per heavy atom. The topological polar surface area (TPSA) is 56.0 Å². The van der Waals surface area contributed by atoms with Crippen molar-refractivity contribution in [1.82, 2.24) is 9.36 Å². The molecule has 4 aromatic rings. The molecule has 2 aromatic heterocycles. The lowest BCUT2D eigenvalue weighted by molar-refractivity contribution is 0.103. The number of anilines is 1. The van der Waals surface area contributed by atoms with Gasteiger partial charge in [0.15, 0.2) is 0 Å². The summed E-state index contributed by atoms with van der Waals surface area (Å²) in [7, 11) is 1.87. The first-order valence-electron chi connectivity index (χ1n) is 10.8. The number of amides is 1. The van der Waals surface area contributed by atoms with Gasteiger partial charge >= 0.3 is 0 Å². The highest BCUT2D eigenvalue weighted by Gasteiger charge is 2.34. The maximum absolute atomic E-state index is 13.9. The van der Waals surface area contributed by atoms with E-state index in [1.54, 1.807) is 22.5 Å². The second-order valence-corrected chi connectivity index (χ2v) is 10.4. The number of thioether (sulfide) groups is 1. The monoisotopic (exact) mass is 477 g/mol. The van der Waals surface area contributed by atoms with Gasteiger partial charge in [-0.15, -0.1) is 23.1 Å². The van der Waals surface area contributed by atoms with Crippen LogP contribution in [-0.2, 0) is 12.8 Å². The minimum absolute atomic E-state index is 0.233. The number of aromatic nitrogens is 2. The van der Waals surface area contributed by atoms with Crippen molar-refractivity contribution in [2.75, 3.05) is 5.32 Å². The summed E-state index contributed by atoms with van der Waals surface area (Å²) in [5.74, 6) is 0.409. The van der Waals surface area contributed by atoms with E-state index >= 15 is 0 Å². The van der Waals surface area contributed by atoms with Crippen LogP contribution in [0.2, 0.25) is 0 Å². The zero-order valence-corrected chi connectivity index (χ0v) is 19.4. The second-order valence-electron chi connectivity index (χ2n) is 8.36. The van der Waals surface area contributed by atoms with Gasteiger partial charge in [0, 0.05) is 34.1 Å². The maximum Gasteiger partial charge on any atom is 0.295 e. The minimum Gasteiger partial charge on any atom is -0.315 e. The zero-order chi connectivity index (χ0) is 22.7. The Kier molecular flexibility index (Phi) is 4.81. The average molecular weight is 478 g/mol. The molecule has 2 aromatic carbocycles. The first kappa shape index (κ1) is 20.5. The molecule has 0 unspecified atom stereocenters.